The SMILES string of the molecule is CCNC(=NCC(C)(C)c1ccccc1F)N(C)CC1CCOC1.I. The monoisotopic (exact) mass is 463 g/mol. The predicted molar refractivity (Wildman–Crippen MR) is 112 cm³/mol. The molecule has 25 heavy (non-hydrogen) atoms. The number of nitrogens with zero attached hydrogens (tertiary/aromatic N) is 2. The van der Waals surface area contributed by atoms with Gasteiger partial charge in [-0.1, -0.05) is 32.0 Å². The van der Waals surface area contributed by atoms with E-state index in [1.165, 1.54) is 6.07 Å². The fraction of sp³-hybridized carbons (Fsp3) is 0.632. The van der Waals surface area contributed by atoms with Crippen molar-refractivity contribution in [2.45, 2.75) is 32.6 Å². The van der Waals surface area contributed by atoms with Crippen LogP contribution in [0, 0.1) is 11.7 Å². The van der Waals surface area contributed by atoms with Gasteiger partial charge in [0.2, 0.25) is 0 Å². The van der Waals surface area contributed by atoms with Crippen molar-refractivity contribution in [3.63, 3.8) is 0 Å². The zero-order chi connectivity index (χ0) is 17.6. The summed E-state index contributed by atoms with van der Waals surface area (Å²) in [6.07, 6.45) is 1.10. The molecule has 0 amide bonds. The molecule has 1 heterocycles. The molecular weight excluding hydrogens is 432 g/mol. The molecule has 1 aromatic carbocycles. The molecule has 0 bridgehead atoms. The summed E-state index contributed by atoms with van der Waals surface area (Å²) in [5.41, 5.74) is 0.347. The van der Waals surface area contributed by atoms with E-state index in [1.807, 2.05) is 26.0 Å². The number of halogens is 2. The number of guanidine groups is 1. The van der Waals surface area contributed by atoms with E-state index >= 15 is 0 Å². The van der Waals surface area contributed by atoms with Gasteiger partial charge in [0.05, 0.1) is 13.2 Å². The highest BCUT2D eigenvalue weighted by molar-refractivity contribution is 14.0. The quantitative estimate of drug-likeness (QED) is 0.398. The third-order valence-electron chi connectivity index (χ3n) is 4.48. The van der Waals surface area contributed by atoms with Crippen LogP contribution in [0.2, 0.25) is 0 Å². The summed E-state index contributed by atoms with van der Waals surface area (Å²) >= 11 is 0. The van der Waals surface area contributed by atoms with Crippen molar-refractivity contribution in [1.29, 1.82) is 0 Å². The van der Waals surface area contributed by atoms with Gasteiger partial charge in [0, 0.05) is 38.1 Å². The van der Waals surface area contributed by atoms with Crippen LogP contribution in [-0.4, -0.2) is 50.8 Å². The number of hydrogen-bond donors (Lipinski definition) is 1. The van der Waals surface area contributed by atoms with Crippen LogP contribution in [0.15, 0.2) is 29.3 Å². The molecule has 0 aliphatic carbocycles. The van der Waals surface area contributed by atoms with Gasteiger partial charge in [0.25, 0.3) is 0 Å². The van der Waals surface area contributed by atoms with E-state index in [9.17, 15) is 4.39 Å². The molecule has 0 radical (unpaired) electrons. The number of ether oxygens (including phenoxy) is 1. The Kier molecular flexibility index (Phi) is 9.13. The Balaban J connectivity index is 0.00000312. The molecule has 2 rings (SSSR count). The first kappa shape index (κ1) is 22.2. The summed E-state index contributed by atoms with van der Waals surface area (Å²) in [5.74, 6) is 1.26. The van der Waals surface area contributed by atoms with Crippen LogP contribution in [0.5, 0.6) is 0 Å². The van der Waals surface area contributed by atoms with E-state index in [2.05, 4.69) is 24.2 Å². The molecule has 1 atom stereocenters. The Morgan fingerprint density at radius 3 is 2.72 bits per heavy atom. The minimum Gasteiger partial charge on any atom is -0.381 e. The van der Waals surface area contributed by atoms with Crippen molar-refractivity contribution >= 4 is 29.9 Å². The van der Waals surface area contributed by atoms with Crippen LogP contribution in [-0.2, 0) is 10.2 Å². The first-order chi connectivity index (χ1) is 11.4. The Hall–Kier alpha value is -0.890. The van der Waals surface area contributed by atoms with E-state index in [0.29, 0.717) is 18.0 Å². The highest BCUT2D eigenvalue weighted by Crippen LogP contribution is 2.26. The molecule has 1 aliphatic heterocycles. The van der Waals surface area contributed by atoms with E-state index in [1.54, 1.807) is 6.07 Å². The molecule has 1 unspecified atom stereocenters. The topological polar surface area (TPSA) is 36.9 Å². The van der Waals surface area contributed by atoms with Gasteiger partial charge in [-0.3, -0.25) is 4.99 Å². The molecule has 1 aliphatic rings. The van der Waals surface area contributed by atoms with Gasteiger partial charge in [0.1, 0.15) is 5.82 Å². The number of hydrogen-bond acceptors (Lipinski definition) is 2. The maximum absolute atomic E-state index is 14.1. The Bertz CT molecular complexity index is 559. The smallest absolute Gasteiger partial charge is 0.193 e. The van der Waals surface area contributed by atoms with Crippen molar-refractivity contribution in [3.05, 3.63) is 35.6 Å². The molecule has 142 valence electrons. The Morgan fingerprint density at radius 2 is 2.12 bits per heavy atom. The van der Waals surface area contributed by atoms with Gasteiger partial charge in [-0.2, -0.15) is 0 Å². The van der Waals surface area contributed by atoms with Gasteiger partial charge in [-0.25, -0.2) is 4.39 Å². The third-order valence-corrected chi connectivity index (χ3v) is 4.48. The average molecular weight is 463 g/mol. The minimum atomic E-state index is -0.358. The van der Waals surface area contributed by atoms with Crippen LogP contribution in [0.3, 0.4) is 0 Å². The maximum atomic E-state index is 14.1. The molecule has 1 N–H and O–H groups in total. The summed E-state index contributed by atoms with van der Waals surface area (Å²) in [4.78, 5) is 6.92. The van der Waals surface area contributed by atoms with E-state index in [-0.39, 0.29) is 35.2 Å². The zero-order valence-corrected chi connectivity index (χ0v) is 18.0. The lowest BCUT2D eigenvalue weighted by Gasteiger charge is -2.28. The number of nitrogens with one attached hydrogen (secondary N) is 1. The van der Waals surface area contributed by atoms with Crippen LogP contribution >= 0.6 is 24.0 Å². The molecule has 0 spiro atoms. The van der Waals surface area contributed by atoms with Gasteiger partial charge in [-0.05, 0) is 25.0 Å². The number of aliphatic imine (C=N–C) groups is 1. The molecule has 1 aromatic rings. The molecule has 4 nitrogen and oxygen atoms in total. The normalized spacial score (nSPS) is 18.0. The fourth-order valence-corrected chi connectivity index (χ4v) is 3.04. The van der Waals surface area contributed by atoms with Crippen molar-refractivity contribution in [1.82, 2.24) is 10.2 Å². The van der Waals surface area contributed by atoms with Crippen molar-refractivity contribution in [2.24, 2.45) is 10.9 Å². The second-order valence-electron chi connectivity index (χ2n) is 7.14. The minimum absolute atomic E-state index is 0. The summed E-state index contributed by atoms with van der Waals surface area (Å²) in [6, 6.07) is 6.95. The standard InChI is InChI=1S/C19H30FN3O.HI/c1-5-21-18(23(4)12-15-10-11-24-13-15)22-14-19(2,3)16-8-6-7-9-17(16)20;/h6-9,15H,5,10-14H2,1-4H3,(H,21,22);1H. The number of benzene rings is 1. The highest BCUT2D eigenvalue weighted by atomic mass is 127. The van der Waals surface area contributed by atoms with Gasteiger partial charge in [-0.15, -0.1) is 24.0 Å². The van der Waals surface area contributed by atoms with Crippen LogP contribution in [0.4, 0.5) is 4.39 Å². The average Bonchev–Trinajstić information content (AvgIpc) is 3.04. The Labute approximate surface area is 168 Å². The summed E-state index contributed by atoms with van der Waals surface area (Å²) in [7, 11) is 2.05. The van der Waals surface area contributed by atoms with Gasteiger partial charge < -0.3 is 15.0 Å². The highest BCUT2D eigenvalue weighted by Gasteiger charge is 2.25. The molecule has 0 saturated carbocycles. The van der Waals surface area contributed by atoms with Crippen molar-refractivity contribution in [2.75, 3.05) is 39.9 Å². The largest absolute Gasteiger partial charge is 0.381 e. The lowest BCUT2D eigenvalue weighted by atomic mass is 9.84. The lowest BCUT2D eigenvalue weighted by Crippen LogP contribution is -2.42. The van der Waals surface area contributed by atoms with Crippen LogP contribution in [0.25, 0.3) is 0 Å². The summed E-state index contributed by atoms with van der Waals surface area (Å²) in [6.45, 7) is 10.1. The molecule has 6 heteroatoms. The van der Waals surface area contributed by atoms with E-state index in [4.69, 9.17) is 9.73 Å². The van der Waals surface area contributed by atoms with E-state index in [0.717, 1.165) is 38.7 Å². The van der Waals surface area contributed by atoms with Crippen LogP contribution in [0.1, 0.15) is 32.8 Å². The van der Waals surface area contributed by atoms with Gasteiger partial charge >= 0.3 is 0 Å². The van der Waals surface area contributed by atoms with E-state index < -0.39 is 0 Å². The van der Waals surface area contributed by atoms with Crippen molar-refractivity contribution < 1.29 is 9.13 Å². The summed E-state index contributed by atoms with van der Waals surface area (Å²) < 4.78 is 19.6. The second kappa shape index (κ2) is 10.3. The van der Waals surface area contributed by atoms with Gasteiger partial charge in [0.15, 0.2) is 5.96 Å². The van der Waals surface area contributed by atoms with Crippen LogP contribution < -0.4 is 5.32 Å². The zero-order valence-electron chi connectivity index (χ0n) is 15.7. The fourth-order valence-electron chi connectivity index (χ4n) is 3.04. The lowest BCUT2D eigenvalue weighted by molar-refractivity contribution is 0.181. The first-order valence-corrected chi connectivity index (χ1v) is 8.76. The number of rotatable bonds is 6. The third kappa shape index (κ3) is 6.40. The summed E-state index contributed by atoms with van der Waals surface area (Å²) in [5, 5.41) is 3.34. The Morgan fingerprint density at radius 1 is 1.40 bits per heavy atom. The maximum Gasteiger partial charge on any atom is 0.193 e. The predicted octanol–water partition coefficient (Wildman–Crippen LogP) is 3.66. The van der Waals surface area contributed by atoms with Crippen molar-refractivity contribution in [3.8, 4) is 0 Å². The molecule has 0 aromatic heterocycles. The second-order valence-corrected chi connectivity index (χ2v) is 7.14. The first-order valence-electron chi connectivity index (χ1n) is 8.76. The molecule has 1 fully saturated rings. The molecular formula is C19H31FIN3O. The molecule has 1 saturated heterocycles.